The molecule has 0 saturated carbocycles. The number of aryl methyl sites for hydroxylation is 1. The zero-order valence-electron chi connectivity index (χ0n) is 27.2. The van der Waals surface area contributed by atoms with Crippen molar-refractivity contribution < 1.29 is 22.4 Å². The summed E-state index contributed by atoms with van der Waals surface area (Å²) in [5.74, 6) is -0.00608. The molecule has 3 heterocycles. The van der Waals surface area contributed by atoms with Crippen molar-refractivity contribution in [1.82, 2.24) is 24.5 Å². The molecule has 0 aliphatic carbocycles. The number of rotatable bonds is 10. The summed E-state index contributed by atoms with van der Waals surface area (Å²) in [5, 5.41) is 3.17. The van der Waals surface area contributed by atoms with Crippen molar-refractivity contribution in [2.24, 2.45) is 0 Å². The molecule has 0 atom stereocenters. The molecule has 244 valence electrons. The summed E-state index contributed by atoms with van der Waals surface area (Å²) in [6.45, 7) is 12.8. The minimum atomic E-state index is -4.60. The number of hydrogen-bond donors (Lipinski definition) is 1. The van der Waals surface area contributed by atoms with Crippen molar-refractivity contribution in [3.05, 3.63) is 114 Å². The van der Waals surface area contributed by atoms with Gasteiger partial charge in [-0.1, -0.05) is 32.9 Å². The van der Waals surface area contributed by atoms with E-state index >= 15 is 0 Å². The predicted octanol–water partition coefficient (Wildman–Crippen LogP) is 8.74. The fraction of sp³-hybridized carbons (Fsp3) is 0.286. The Labute approximate surface area is 273 Å². The molecule has 12 heteroatoms. The molecule has 5 rings (SSSR count). The van der Waals surface area contributed by atoms with Gasteiger partial charge in [-0.25, -0.2) is 15.0 Å². The molecule has 5 aromatic rings. The lowest BCUT2D eigenvalue weighted by Gasteiger charge is -2.35. The van der Waals surface area contributed by atoms with Gasteiger partial charge in [-0.2, -0.15) is 13.2 Å². The Morgan fingerprint density at radius 3 is 2.49 bits per heavy atom. The summed E-state index contributed by atoms with van der Waals surface area (Å²) < 4.78 is 49.7. The second-order valence-electron chi connectivity index (χ2n) is 13.0. The van der Waals surface area contributed by atoms with E-state index in [0.29, 0.717) is 28.6 Å². The summed E-state index contributed by atoms with van der Waals surface area (Å²) >= 11 is 0. The second kappa shape index (κ2) is 13.2. The van der Waals surface area contributed by atoms with Crippen LogP contribution < -0.4 is 5.32 Å². The Balaban J connectivity index is 1.37. The quantitative estimate of drug-likeness (QED) is 0.118. The van der Waals surface area contributed by atoms with Crippen LogP contribution in [-0.4, -0.2) is 38.6 Å². The van der Waals surface area contributed by atoms with Crippen LogP contribution in [0.4, 0.5) is 24.8 Å². The van der Waals surface area contributed by atoms with Crippen LogP contribution >= 0.6 is 0 Å². The summed E-state index contributed by atoms with van der Waals surface area (Å²) in [6.07, 6.45) is 3.29. The number of carbonyl (C=O) groups excluding carboxylic acids is 1. The number of alkyl halides is 3. The number of hydrogen-bond acceptors (Lipinski definition) is 7. The number of nitrogens with one attached hydrogen (secondary N) is 1. The van der Waals surface area contributed by atoms with Crippen molar-refractivity contribution in [1.29, 1.82) is 0 Å². The maximum atomic E-state index is 14.0. The summed E-state index contributed by atoms with van der Waals surface area (Å²) in [5.41, 5.74) is 3.54. The predicted molar refractivity (Wildman–Crippen MR) is 178 cm³/mol. The van der Waals surface area contributed by atoms with Gasteiger partial charge in [0, 0.05) is 53.7 Å². The van der Waals surface area contributed by atoms with Crippen LogP contribution in [0.3, 0.4) is 0 Å². The highest BCUT2D eigenvalue weighted by Gasteiger charge is 2.37. The lowest BCUT2D eigenvalue weighted by molar-refractivity contribution is -0.137. The van der Waals surface area contributed by atoms with Crippen molar-refractivity contribution in [2.45, 2.75) is 65.0 Å². The molecule has 2 aromatic carbocycles. The van der Waals surface area contributed by atoms with Crippen molar-refractivity contribution in [2.75, 3.05) is 5.32 Å². The second-order valence-corrected chi connectivity index (χ2v) is 17.8. The fourth-order valence-electron chi connectivity index (χ4n) is 4.57. The third kappa shape index (κ3) is 8.19. The molecule has 47 heavy (non-hydrogen) atoms. The molecular weight excluding hydrogens is 622 g/mol. The Bertz CT molecular complexity index is 1880. The van der Waals surface area contributed by atoms with E-state index in [-0.39, 0.29) is 35.1 Å². The highest BCUT2D eigenvalue weighted by molar-refractivity contribution is 6.74. The van der Waals surface area contributed by atoms with Gasteiger partial charge in [0.15, 0.2) is 14.1 Å². The normalized spacial score (nSPS) is 12.3. The number of pyridine rings is 1. The number of carbonyl (C=O) groups is 1. The number of anilines is 2. The first-order chi connectivity index (χ1) is 22.1. The average Bonchev–Trinajstić information content (AvgIpc) is 3.50. The number of benzene rings is 2. The summed E-state index contributed by atoms with van der Waals surface area (Å²) in [7, 11) is -2.05. The Morgan fingerprint density at radius 2 is 1.79 bits per heavy atom. The monoisotopic (exact) mass is 658 g/mol. The van der Waals surface area contributed by atoms with E-state index < -0.39 is 20.1 Å². The van der Waals surface area contributed by atoms with Gasteiger partial charge in [-0.15, -0.1) is 0 Å². The third-order valence-corrected chi connectivity index (χ3v) is 12.9. The van der Waals surface area contributed by atoms with Gasteiger partial charge in [-0.05, 0) is 78.6 Å². The van der Waals surface area contributed by atoms with Crippen LogP contribution in [-0.2, 0) is 23.6 Å². The number of aromatic nitrogens is 5. The van der Waals surface area contributed by atoms with Crippen LogP contribution in [0.5, 0.6) is 0 Å². The van der Waals surface area contributed by atoms with Gasteiger partial charge >= 0.3 is 6.18 Å². The van der Waals surface area contributed by atoms with Gasteiger partial charge in [0.1, 0.15) is 0 Å². The van der Waals surface area contributed by atoms with E-state index in [2.05, 4.69) is 59.1 Å². The third-order valence-electron chi connectivity index (χ3n) is 8.41. The molecule has 0 saturated heterocycles. The maximum absolute atomic E-state index is 14.0. The lowest BCUT2D eigenvalue weighted by Crippen LogP contribution is -2.40. The fourth-order valence-corrected chi connectivity index (χ4v) is 5.51. The first-order valence-electron chi connectivity index (χ1n) is 15.1. The molecule has 0 spiro atoms. The van der Waals surface area contributed by atoms with E-state index in [0.717, 1.165) is 23.3 Å². The van der Waals surface area contributed by atoms with Gasteiger partial charge < -0.3 is 14.3 Å². The van der Waals surface area contributed by atoms with Gasteiger partial charge in [0.05, 0.1) is 29.9 Å². The minimum absolute atomic E-state index is 0.00542. The highest BCUT2D eigenvalue weighted by Crippen LogP contribution is 2.37. The first-order valence-corrected chi connectivity index (χ1v) is 18.0. The van der Waals surface area contributed by atoms with Crippen LogP contribution in [0.25, 0.3) is 16.9 Å². The van der Waals surface area contributed by atoms with Gasteiger partial charge in [-0.3, -0.25) is 9.78 Å². The standard InChI is InChI=1S/C35H37F3N6O2Si/c1-23-9-10-25(17-31(23)43-33-40-13-11-30(42-33)26-8-7-12-39-19-26)32(45)16-24-14-27(35(36,37)38)18-29(15-24)44-20-28(41-22-44)21-46-47(5,6)34(2,3)4/h7-15,17-20,22H,16,21H2,1-6H3,(H,40,42,43). The molecule has 0 aliphatic heterocycles. The van der Waals surface area contributed by atoms with Gasteiger partial charge in [0.25, 0.3) is 0 Å². The zero-order valence-corrected chi connectivity index (χ0v) is 28.2. The number of ketones is 1. The zero-order chi connectivity index (χ0) is 34.0. The van der Waals surface area contributed by atoms with E-state index in [4.69, 9.17) is 4.43 Å². The minimum Gasteiger partial charge on any atom is -0.411 e. The number of Topliss-reactive ketones (excluding diaryl/α,β-unsaturated/α-hetero) is 1. The van der Waals surface area contributed by atoms with Crippen LogP contribution in [0.15, 0.2) is 85.7 Å². The van der Waals surface area contributed by atoms with Crippen LogP contribution in [0.1, 0.15) is 53.5 Å². The number of imidazole rings is 1. The maximum Gasteiger partial charge on any atom is 0.416 e. The Hall–Kier alpha value is -4.68. The van der Waals surface area contributed by atoms with Crippen LogP contribution in [0.2, 0.25) is 18.1 Å². The molecule has 0 bridgehead atoms. The van der Waals surface area contributed by atoms with E-state index in [9.17, 15) is 18.0 Å². The topological polar surface area (TPSA) is 94.8 Å². The SMILES string of the molecule is Cc1ccc(C(=O)Cc2cc(-n3cnc(CO[Si](C)(C)C(C)(C)C)c3)cc(C(F)(F)F)c2)cc1Nc1nccc(-c2cccnc2)n1. The smallest absolute Gasteiger partial charge is 0.411 e. The van der Waals surface area contributed by atoms with Crippen molar-refractivity contribution in [3.8, 4) is 16.9 Å². The molecule has 8 nitrogen and oxygen atoms in total. The lowest BCUT2D eigenvalue weighted by atomic mass is 9.99. The molecule has 0 aliphatic rings. The van der Waals surface area contributed by atoms with Crippen molar-refractivity contribution >= 4 is 25.7 Å². The average molecular weight is 659 g/mol. The summed E-state index contributed by atoms with van der Waals surface area (Å²) in [6, 6.07) is 14.2. The van der Waals surface area contributed by atoms with E-state index in [1.807, 2.05) is 19.1 Å². The molecule has 3 aromatic heterocycles. The van der Waals surface area contributed by atoms with E-state index in [1.54, 1.807) is 55.1 Å². The van der Waals surface area contributed by atoms with E-state index in [1.165, 1.54) is 10.9 Å². The molecule has 0 fully saturated rings. The van der Waals surface area contributed by atoms with Crippen molar-refractivity contribution in [3.63, 3.8) is 0 Å². The Morgan fingerprint density at radius 1 is 1.00 bits per heavy atom. The van der Waals surface area contributed by atoms with Crippen LogP contribution in [0, 0.1) is 6.92 Å². The molecule has 0 unspecified atom stereocenters. The summed E-state index contributed by atoms with van der Waals surface area (Å²) in [4.78, 5) is 30.8. The first kappa shape index (κ1) is 33.7. The molecular formula is C35H37F3N6O2Si. The molecule has 0 radical (unpaired) electrons. The number of nitrogens with zero attached hydrogens (tertiary/aromatic N) is 5. The Kier molecular flexibility index (Phi) is 9.46. The highest BCUT2D eigenvalue weighted by atomic mass is 28.4. The number of halogens is 3. The largest absolute Gasteiger partial charge is 0.416 e. The molecule has 1 N–H and O–H groups in total. The van der Waals surface area contributed by atoms with Gasteiger partial charge in [0.2, 0.25) is 5.95 Å². The molecule has 0 amide bonds.